The van der Waals surface area contributed by atoms with Gasteiger partial charge in [0.15, 0.2) is 0 Å². The fourth-order valence-corrected chi connectivity index (χ4v) is 4.68. The molecule has 0 saturated carbocycles. The molecule has 0 atom stereocenters. The second-order valence-corrected chi connectivity index (χ2v) is 8.55. The first-order valence-electron chi connectivity index (χ1n) is 11.2. The lowest BCUT2D eigenvalue weighted by atomic mass is 9.97. The van der Waals surface area contributed by atoms with Crippen molar-refractivity contribution in [1.82, 2.24) is 0 Å². The summed E-state index contributed by atoms with van der Waals surface area (Å²) < 4.78 is 5.34. The Morgan fingerprint density at radius 3 is 2.45 bits per heavy atom. The molecule has 0 fully saturated rings. The quantitative estimate of drug-likeness (QED) is 0.535. The number of ether oxygens (including phenoxy) is 1. The minimum absolute atomic E-state index is 0.307. The Balaban J connectivity index is 1.71. The number of carbonyl (C=O) groups excluding carboxylic acids is 2. The number of benzene rings is 3. The Morgan fingerprint density at radius 1 is 0.848 bits per heavy atom. The van der Waals surface area contributed by atoms with Gasteiger partial charge >= 0.3 is 0 Å². The fourth-order valence-electron chi connectivity index (χ4n) is 4.68. The van der Waals surface area contributed by atoms with Crippen molar-refractivity contribution in [3.05, 3.63) is 94.7 Å². The maximum absolute atomic E-state index is 13.9. The summed E-state index contributed by atoms with van der Waals surface area (Å²) in [6.07, 6.45) is 1.88. The van der Waals surface area contributed by atoms with Crippen molar-refractivity contribution in [2.75, 3.05) is 23.5 Å². The SMILES string of the molecule is COc1cccc(N2C(=O)C(c3ccc(C)c(C)c3)=C(N3CCCc4ccccc43)C2=O)c1. The highest BCUT2D eigenvalue weighted by molar-refractivity contribution is 6.46. The zero-order valence-electron chi connectivity index (χ0n) is 19.1. The van der Waals surface area contributed by atoms with Crippen LogP contribution in [0.2, 0.25) is 0 Å². The van der Waals surface area contributed by atoms with Gasteiger partial charge in [0.05, 0.1) is 18.4 Å². The molecular weight excluding hydrogens is 412 g/mol. The summed E-state index contributed by atoms with van der Waals surface area (Å²) in [5.74, 6) is -0.0228. The normalized spacial score (nSPS) is 15.8. The fraction of sp³-hybridized carbons (Fsp3) is 0.214. The molecule has 0 N–H and O–H groups in total. The van der Waals surface area contributed by atoms with Crippen molar-refractivity contribution in [1.29, 1.82) is 0 Å². The average Bonchev–Trinajstić information content (AvgIpc) is 3.10. The first kappa shape index (κ1) is 21.0. The molecule has 166 valence electrons. The second-order valence-electron chi connectivity index (χ2n) is 8.55. The van der Waals surface area contributed by atoms with E-state index in [9.17, 15) is 9.59 Å². The molecule has 2 aliphatic heterocycles. The lowest BCUT2D eigenvalue weighted by Crippen LogP contribution is -2.37. The molecular formula is C28H26N2O3. The van der Waals surface area contributed by atoms with E-state index in [1.54, 1.807) is 31.4 Å². The summed E-state index contributed by atoms with van der Waals surface area (Å²) in [6, 6.07) is 21.2. The number of methoxy groups -OCH3 is 1. The van der Waals surface area contributed by atoms with Crippen LogP contribution in [0.4, 0.5) is 11.4 Å². The summed E-state index contributed by atoms with van der Waals surface area (Å²) in [5, 5.41) is 0. The van der Waals surface area contributed by atoms with Gasteiger partial charge in [-0.2, -0.15) is 0 Å². The van der Waals surface area contributed by atoms with E-state index in [0.29, 0.717) is 29.3 Å². The topological polar surface area (TPSA) is 49.9 Å². The second kappa shape index (κ2) is 8.24. The molecule has 2 heterocycles. The molecule has 0 unspecified atom stereocenters. The number of para-hydroxylation sites is 1. The van der Waals surface area contributed by atoms with E-state index in [-0.39, 0.29) is 11.8 Å². The van der Waals surface area contributed by atoms with E-state index in [4.69, 9.17) is 4.74 Å². The van der Waals surface area contributed by atoms with Crippen LogP contribution >= 0.6 is 0 Å². The minimum Gasteiger partial charge on any atom is -0.497 e. The van der Waals surface area contributed by atoms with Gasteiger partial charge in [-0.25, -0.2) is 4.90 Å². The molecule has 5 nitrogen and oxygen atoms in total. The molecule has 3 aromatic carbocycles. The van der Waals surface area contributed by atoms with E-state index in [2.05, 4.69) is 6.07 Å². The Kier molecular flexibility index (Phi) is 5.25. The summed E-state index contributed by atoms with van der Waals surface area (Å²) in [7, 11) is 1.57. The lowest BCUT2D eigenvalue weighted by Gasteiger charge is -2.32. The van der Waals surface area contributed by atoms with Crippen molar-refractivity contribution in [2.24, 2.45) is 0 Å². The van der Waals surface area contributed by atoms with Crippen LogP contribution in [0.25, 0.3) is 5.57 Å². The highest BCUT2D eigenvalue weighted by Gasteiger charge is 2.43. The maximum atomic E-state index is 13.9. The van der Waals surface area contributed by atoms with Crippen LogP contribution < -0.4 is 14.5 Å². The van der Waals surface area contributed by atoms with E-state index in [1.807, 2.05) is 55.1 Å². The van der Waals surface area contributed by atoms with Crippen LogP contribution in [0.3, 0.4) is 0 Å². The number of nitrogens with zero attached hydrogens (tertiary/aromatic N) is 2. The van der Waals surface area contributed by atoms with Gasteiger partial charge in [0.1, 0.15) is 11.4 Å². The number of hydrogen-bond acceptors (Lipinski definition) is 4. The zero-order valence-corrected chi connectivity index (χ0v) is 19.1. The van der Waals surface area contributed by atoms with Crippen LogP contribution in [0.15, 0.2) is 72.4 Å². The lowest BCUT2D eigenvalue weighted by molar-refractivity contribution is -0.120. The molecule has 0 radical (unpaired) electrons. The molecule has 0 spiro atoms. The number of amides is 2. The smallest absolute Gasteiger partial charge is 0.282 e. The first-order valence-corrected chi connectivity index (χ1v) is 11.2. The largest absolute Gasteiger partial charge is 0.497 e. The summed E-state index contributed by atoms with van der Waals surface area (Å²) in [4.78, 5) is 31.1. The third-order valence-electron chi connectivity index (χ3n) is 6.55. The molecule has 5 heteroatoms. The maximum Gasteiger partial charge on any atom is 0.282 e. The number of aryl methyl sites for hydroxylation is 3. The van der Waals surface area contributed by atoms with Gasteiger partial charge in [-0.3, -0.25) is 9.59 Å². The average molecular weight is 439 g/mol. The van der Waals surface area contributed by atoms with Gasteiger partial charge in [-0.1, -0.05) is 42.5 Å². The van der Waals surface area contributed by atoms with Gasteiger partial charge in [0.2, 0.25) is 0 Å². The number of carbonyl (C=O) groups is 2. The number of imide groups is 1. The third-order valence-corrected chi connectivity index (χ3v) is 6.55. The number of anilines is 2. The Hall–Kier alpha value is -3.86. The van der Waals surface area contributed by atoms with Crippen LogP contribution in [-0.4, -0.2) is 25.5 Å². The van der Waals surface area contributed by atoms with E-state index in [0.717, 1.165) is 35.2 Å². The van der Waals surface area contributed by atoms with Gasteiger partial charge < -0.3 is 9.64 Å². The van der Waals surface area contributed by atoms with Crippen molar-refractivity contribution in [2.45, 2.75) is 26.7 Å². The molecule has 0 saturated heterocycles. The standard InChI is InChI=1S/C28H26N2O3/c1-18-13-14-21(16-19(18)2)25-26(29-15-7-9-20-8-4-5-12-24(20)29)28(32)30(27(25)31)22-10-6-11-23(17-22)33-3/h4-6,8,10-14,16-17H,7,9,15H2,1-3H3. The van der Waals surface area contributed by atoms with Gasteiger partial charge in [0.25, 0.3) is 11.8 Å². The minimum atomic E-state index is -0.311. The number of hydrogen-bond donors (Lipinski definition) is 0. The summed E-state index contributed by atoms with van der Waals surface area (Å²) >= 11 is 0. The van der Waals surface area contributed by atoms with Crippen molar-refractivity contribution in [3.63, 3.8) is 0 Å². The Labute approximate surface area is 193 Å². The van der Waals surface area contributed by atoms with E-state index >= 15 is 0 Å². The van der Waals surface area contributed by atoms with E-state index in [1.165, 1.54) is 10.5 Å². The summed E-state index contributed by atoms with van der Waals surface area (Å²) in [6.45, 7) is 4.75. The monoisotopic (exact) mass is 438 g/mol. The molecule has 0 aliphatic carbocycles. The first-order chi connectivity index (χ1) is 16.0. The molecule has 0 aromatic heterocycles. The molecule has 5 rings (SSSR count). The zero-order chi connectivity index (χ0) is 23.1. The Bertz CT molecular complexity index is 1310. The molecule has 33 heavy (non-hydrogen) atoms. The predicted molar refractivity (Wildman–Crippen MR) is 130 cm³/mol. The van der Waals surface area contributed by atoms with Crippen molar-refractivity contribution < 1.29 is 14.3 Å². The van der Waals surface area contributed by atoms with Gasteiger partial charge in [-0.05, 0) is 67.1 Å². The van der Waals surface area contributed by atoms with E-state index < -0.39 is 0 Å². The highest BCUT2D eigenvalue weighted by atomic mass is 16.5. The molecule has 3 aromatic rings. The van der Waals surface area contributed by atoms with Crippen molar-refractivity contribution >= 4 is 28.8 Å². The van der Waals surface area contributed by atoms with Crippen molar-refractivity contribution in [3.8, 4) is 5.75 Å². The third kappa shape index (κ3) is 3.50. The highest BCUT2D eigenvalue weighted by Crippen LogP contribution is 2.40. The summed E-state index contributed by atoms with van der Waals surface area (Å²) in [5.41, 5.74) is 6.57. The van der Waals surface area contributed by atoms with Gasteiger partial charge in [0, 0.05) is 18.3 Å². The van der Waals surface area contributed by atoms with Gasteiger partial charge in [-0.15, -0.1) is 0 Å². The van der Waals surface area contributed by atoms with Crippen LogP contribution in [-0.2, 0) is 16.0 Å². The van der Waals surface area contributed by atoms with Crippen LogP contribution in [0, 0.1) is 13.8 Å². The predicted octanol–water partition coefficient (Wildman–Crippen LogP) is 5.05. The molecule has 2 aliphatic rings. The Morgan fingerprint density at radius 2 is 1.67 bits per heavy atom. The van der Waals surface area contributed by atoms with Crippen LogP contribution in [0.5, 0.6) is 5.75 Å². The number of rotatable bonds is 4. The molecule has 0 bridgehead atoms. The molecule has 2 amide bonds. The number of fused-ring (bicyclic) bond motifs is 1. The van der Waals surface area contributed by atoms with Crippen LogP contribution in [0.1, 0.15) is 28.7 Å².